The van der Waals surface area contributed by atoms with Crippen molar-refractivity contribution in [2.45, 2.75) is 13.2 Å². The molecule has 0 aliphatic carbocycles. The highest BCUT2D eigenvalue weighted by Gasteiger charge is 2.05. The zero-order valence-electron chi connectivity index (χ0n) is 11.5. The molecule has 0 aliphatic heterocycles. The number of aryl methyl sites for hydroxylation is 1. The van der Waals surface area contributed by atoms with Crippen LogP contribution >= 0.6 is 0 Å². The molecule has 5 heteroatoms. The van der Waals surface area contributed by atoms with Gasteiger partial charge >= 0.3 is 6.03 Å². The molecule has 2 N–H and O–H groups in total. The van der Waals surface area contributed by atoms with E-state index < -0.39 is 6.29 Å². The van der Waals surface area contributed by atoms with Gasteiger partial charge in [0, 0.05) is 20.4 Å². The number of nitrogens with one attached hydrogen (secondary N) is 2. The van der Waals surface area contributed by atoms with Crippen LogP contribution in [0.1, 0.15) is 11.1 Å². The fourth-order valence-corrected chi connectivity index (χ4v) is 1.48. The highest BCUT2D eigenvalue weighted by Crippen LogP contribution is 2.04. The molecule has 1 aromatic carbocycles. The Hall–Kier alpha value is -1.85. The van der Waals surface area contributed by atoms with E-state index in [4.69, 9.17) is 9.47 Å². The Morgan fingerprint density at radius 2 is 2.11 bits per heavy atom. The maximum atomic E-state index is 11.5. The summed E-state index contributed by atoms with van der Waals surface area (Å²) in [7, 11) is 3.04. The number of carbonyl (C=O) groups excluding carboxylic acids is 1. The Morgan fingerprint density at radius 3 is 2.74 bits per heavy atom. The zero-order valence-corrected chi connectivity index (χ0v) is 11.5. The lowest BCUT2D eigenvalue weighted by atomic mass is 10.1. The van der Waals surface area contributed by atoms with E-state index in [9.17, 15) is 4.79 Å². The molecule has 1 aromatic rings. The van der Waals surface area contributed by atoms with Crippen LogP contribution in [0.3, 0.4) is 0 Å². The summed E-state index contributed by atoms with van der Waals surface area (Å²) in [5.41, 5.74) is 2.21. The number of amides is 2. The van der Waals surface area contributed by atoms with Gasteiger partial charge in [-0.05, 0) is 18.6 Å². The molecule has 0 saturated carbocycles. The molecule has 0 radical (unpaired) electrons. The van der Waals surface area contributed by atoms with Crippen molar-refractivity contribution < 1.29 is 14.3 Å². The van der Waals surface area contributed by atoms with Crippen molar-refractivity contribution >= 4 is 12.1 Å². The Balaban J connectivity index is 2.34. The first kappa shape index (κ1) is 15.2. The first-order chi connectivity index (χ1) is 9.15. The molecular weight excluding hydrogens is 244 g/mol. The average molecular weight is 264 g/mol. The van der Waals surface area contributed by atoms with Gasteiger partial charge < -0.3 is 20.1 Å². The lowest BCUT2D eigenvalue weighted by molar-refractivity contribution is -0.0971. The van der Waals surface area contributed by atoms with Crippen LogP contribution in [0, 0.1) is 6.92 Å². The van der Waals surface area contributed by atoms with E-state index in [1.54, 1.807) is 6.20 Å². The molecule has 5 nitrogen and oxygen atoms in total. The minimum atomic E-state index is -0.438. The summed E-state index contributed by atoms with van der Waals surface area (Å²) in [5, 5.41) is 5.24. The van der Waals surface area contributed by atoms with E-state index in [2.05, 4.69) is 10.6 Å². The SMILES string of the molecule is COC(CNC(=O)N/C=C/c1cccc(C)c1)OC. The third kappa shape index (κ3) is 6.03. The van der Waals surface area contributed by atoms with E-state index >= 15 is 0 Å². The van der Waals surface area contributed by atoms with Crippen LogP contribution < -0.4 is 10.6 Å². The number of urea groups is 1. The first-order valence-electron chi connectivity index (χ1n) is 5.99. The molecule has 0 saturated heterocycles. The predicted molar refractivity (Wildman–Crippen MR) is 74.6 cm³/mol. The number of methoxy groups -OCH3 is 2. The lowest BCUT2D eigenvalue weighted by Crippen LogP contribution is -2.38. The van der Waals surface area contributed by atoms with Crippen molar-refractivity contribution in [1.82, 2.24) is 10.6 Å². The Kier molecular flexibility index (Phi) is 6.63. The smallest absolute Gasteiger partial charge is 0.318 e. The summed E-state index contributed by atoms with van der Waals surface area (Å²) in [4.78, 5) is 11.5. The normalized spacial score (nSPS) is 10.9. The van der Waals surface area contributed by atoms with E-state index in [0.717, 1.165) is 5.56 Å². The van der Waals surface area contributed by atoms with Gasteiger partial charge in [0.15, 0.2) is 6.29 Å². The Morgan fingerprint density at radius 1 is 1.37 bits per heavy atom. The maximum absolute atomic E-state index is 11.5. The zero-order chi connectivity index (χ0) is 14.1. The van der Waals surface area contributed by atoms with Crippen LogP contribution in [0.4, 0.5) is 4.79 Å². The topological polar surface area (TPSA) is 59.6 Å². The van der Waals surface area contributed by atoms with Gasteiger partial charge in [-0.3, -0.25) is 0 Å². The molecule has 0 atom stereocenters. The van der Waals surface area contributed by atoms with Gasteiger partial charge in [0.05, 0.1) is 6.54 Å². The highest BCUT2D eigenvalue weighted by atomic mass is 16.7. The second-order valence-corrected chi connectivity index (χ2v) is 4.00. The number of hydrogen-bond acceptors (Lipinski definition) is 3. The molecule has 0 heterocycles. The quantitative estimate of drug-likeness (QED) is 0.771. The summed E-state index contributed by atoms with van der Waals surface area (Å²) in [5.74, 6) is 0. The molecule has 0 bridgehead atoms. The fourth-order valence-electron chi connectivity index (χ4n) is 1.48. The summed E-state index contributed by atoms with van der Waals surface area (Å²) in [6, 6.07) is 7.68. The summed E-state index contributed by atoms with van der Waals surface area (Å²) in [6.07, 6.45) is 2.99. The fraction of sp³-hybridized carbons (Fsp3) is 0.357. The van der Waals surface area contributed by atoms with Gasteiger partial charge in [-0.2, -0.15) is 0 Å². The first-order valence-corrected chi connectivity index (χ1v) is 5.99. The summed E-state index contributed by atoms with van der Waals surface area (Å²) >= 11 is 0. The van der Waals surface area contributed by atoms with Crippen molar-refractivity contribution in [1.29, 1.82) is 0 Å². The van der Waals surface area contributed by atoms with Gasteiger partial charge in [-0.25, -0.2) is 4.79 Å². The van der Waals surface area contributed by atoms with E-state index in [1.807, 2.05) is 37.3 Å². The maximum Gasteiger partial charge on any atom is 0.318 e. The third-order valence-corrected chi connectivity index (χ3v) is 2.49. The molecule has 19 heavy (non-hydrogen) atoms. The Labute approximate surface area is 113 Å². The van der Waals surface area contributed by atoms with Crippen molar-refractivity contribution in [2.75, 3.05) is 20.8 Å². The minimum absolute atomic E-state index is 0.289. The van der Waals surface area contributed by atoms with Gasteiger partial charge in [0.2, 0.25) is 0 Å². The molecule has 0 unspecified atom stereocenters. The number of hydrogen-bond donors (Lipinski definition) is 2. The van der Waals surface area contributed by atoms with Gasteiger partial charge in [0.1, 0.15) is 0 Å². The number of ether oxygens (including phenoxy) is 2. The van der Waals surface area contributed by atoms with E-state index in [-0.39, 0.29) is 12.6 Å². The van der Waals surface area contributed by atoms with Crippen LogP contribution in [0.2, 0.25) is 0 Å². The number of rotatable bonds is 6. The standard InChI is InChI=1S/C14H20N2O3/c1-11-5-4-6-12(9-11)7-8-15-14(17)16-10-13(18-2)19-3/h4-9,13H,10H2,1-3H3,(H2,15,16,17)/b8-7+. The van der Waals surface area contributed by atoms with Crippen LogP contribution in [0.25, 0.3) is 6.08 Å². The monoisotopic (exact) mass is 264 g/mol. The van der Waals surface area contributed by atoms with E-state index in [0.29, 0.717) is 0 Å². The minimum Gasteiger partial charge on any atom is -0.354 e. The second kappa shape index (κ2) is 8.29. The van der Waals surface area contributed by atoms with Crippen molar-refractivity contribution in [3.05, 3.63) is 41.6 Å². The second-order valence-electron chi connectivity index (χ2n) is 4.00. The van der Waals surface area contributed by atoms with Crippen LogP contribution in [-0.4, -0.2) is 33.1 Å². The van der Waals surface area contributed by atoms with Crippen LogP contribution in [-0.2, 0) is 9.47 Å². The van der Waals surface area contributed by atoms with Crippen molar-refractivity contribution in [3.8, 4) is 0 Å². The molecule has 1 rings (SSSR count). The molecule has 104 valence electrons. The van der Waals surface area contributed by atoms with Crippen molar-refractivity contribution in [3.63, 3.8) is 0 Å². The van der Waals surface area contributed by atoms with Gasteiger partial charge in [-0.1, -0.05) is 29.8 Å². The van der Waals surface area contributed by atoms with Crippen LogP contribution in [0.5, 0.6) is 0 Å². The molecule has 0 fully saturated rings. The van der Waals surface area contributed by atoms with Gasteiger partial charge in [0.25, 0.3) is 0 Å². The van der Waals surface area contributed by atoms with Crippen LogP contribution in [0.15, 0.2) is 30.5 Å². The molecule has 0 aromatic heterocycles. The largest absolute Gasteiger partial charge is 0.354 e. The predicted octanol–water partition coefficient (Wildman–Crippen LogP) is 1.88. The molecule has 2 amide bonds. The summed E-state index contributed by atoms with van der Waals surface area (Å²) < 4.78 is 9.91. The van der Waals surface area contributed by atoms with Gasteiger partial charge in [-0.15, -0.1) is 0 Å². The lowest BCUT2D eigenvalue weighted by Gasteiger charge is -2.13. The summed E-state index contributed by atoms with van der Waals surface area (Å²) in [6.45, 7) is 2.31. The molecule has 0 spiro atoms. The third-order valence-electron chi connectivity index (χ3n) is 2.49. The average Bonchev–Trinajstić information content (AvgIpc) is 2.40. The number of carbonyl (C=O) groups is 1. The van der Waals surface area contributed by atoms with E-state index in [1.165, 1.54) is 19.8 Å². The molecule has 0 aliphatic rings. The highest BCUT2D eigenvalue weighted by molar-refractivity contribution is 5.75. The molecular formula is C14H20N2O3. The number of benzene rings is 1. The Bertz CT molecular complexity index is 428. The van der Waals surface area contributed by atoms with Crippen molar-refractivity contribution in [2.24, 2.45) is 0 Å².